The maximum Gasteiger partial charge on any atom is 0.306 e. The van der Waals surface area contributed by atoms with Crippen molar-refractivity contribution in [2.24, 2.45) is 0 Å². The first kappa shape index (κ1) is 12.5. The van der Waals surface area contributed by atoms with Crippen molar-refractivity contribution in [2.75, 3.05) is 7.11 Å². The van der Waals surface area contributed by atoms with Crippen molar-refractivity contribution < 1.29 is 22.7 Å². The van der Waals surface area contributed by atoms with Gasteiger partial charge in [-0.15, -0.1) is 0 Å². The molecule has 0 N–H and O–H groups in total. The van der Waals surface area contributed by atoms with Gasteiger partial charge in [0, 0.05) is 5.56 Å². The van der Waals surface area contributed by atoms with E-state index in [0.29, 0.717) is 6.07 Å². The average molecular weight is 232 g/mol. The molecule has 0 saturated heterocycles. The first-order chi connectivity index (χ1) is 7.47. The van der Waals surface area contributed by atoms with E-state index in [1.165, 1.54) is 14.0 Å². The van der Waals surface area contributed by atoms with Crippen LogP contribution in [0.1, 0.15) is 24.8 Å². The minimum Gasteiger partial charge on any atom is -0.469 e. The number of hydrogen-bond donors (Lipinski definition) is 0. The Bertz CT molecular complexity index is 404. The van der Waals surface area contributed by atoms with Crippen LogP contribution in [-0.2, 0) is 9.53 Å². The molecule has 2 nitrogen and oxygen atoms in total. The van der Waals surface area contributed by atoms with Gasteiger partial charge in [0.05, 0.1) is 13.5 Å². The highest BCUT2D eigenvalue weighted by Crippen LogP contribution is 2.26. The molecule has 1 aromatic rings. The van der Waals surface area contributed by atoms with Crippen molar-refractivity contribution >= 4 is 5.97 Å². The fourth-order valence-electron chi connectivity index (χ4n) is 1.43. The van der Waals surface area contributed by atoms with Crippen LogP contribution in [-0.4, -0.2) is 13.1 Å². The Morgan fingerprint density at radius 3 is 2.44 bits per heavy atom. The normalized spacial score (nSPS) is 12.3. The molecule has 0 amide bonds. The predicted molar refractivity (Wildman–Crippen MR) is 51.4 cm³/mol. The van der Waals surface area contributed by atoms with Crippen molar-refractivity contribution in [3.05, 3.63) is 35.1 Å². The third-order valence-corrected chi connectivity index (χ3v) is 2.27. The summed E-state index contributed by atoms with van der Waals surface area (Å²) in [5.41, 5.74) is -0.426. The molecule has 0 aromatic heterocycles. The summed E-state index contributed by atoms with van der Waals surface area (Å²) in [6, 6.07) is 1.54. The molecule has 5 heteroatoms. The second-order valence-electron chi connectivity index (χ2n) is 3.44. The molecular formula is C11H11F3O2. The molecule has 1 unspecified atom stereocenters. The fourth-order valence-corrected chi connectivity index (χ4v) is 1.43. The number of hydrogen-bond acceptors (Lipinski definition) is 2. The van der Waals surface area contributed by atoms with E-state index in [1.54, 1.807) is 0 Å². The Kier molecular flexibility index (Phi) is 3.93. The minimum atomic E-state index is -1.25. The summed E-state index contributed by atoms with van der Waals surface area (Å²) >= 11 is 0. The third-order valence-electron chi connectivity index (χ3n) is 2.27. The van der Waals surface area contributed by atoms with Gasteiger partial charge in [-0.3, -0.25) is 4.79 Å². The largest absolute Gasteiger partial charge is 0.469 e. The predicted octanol–water partition coefficient (Wildman–Crippen LogP) is 2.77. The quantitative estimate of drug-likeness (QED) is 0.591. The second-order valence-corrected chi connectivity index (χ2v) is 3.44. The lowest BCUT2D eigenvalue weighted by Crippen LogP contribution is -2.10. The molecule has 0 heterocycles. The molecule has 1 aromatic carbocycles. The summed E-state index contributed by atoms with van der Waals surface area (Å²) in [4.78, 5) is 10.9. The minimum absolute atomic E-state index is 0.201. The Morgan fingerprint density at radius 1 is 1.31 bits per heavy atom. The third kappa shape index (κ3) is 2.53. The van der Waals surface area contributed by atoms with Crippen molar-refractivity contribution in [1.29, 1.82) is 0 Å². The molecule has 0 bridgehead atoms. The van der Waals surface area contributed by atoms with Crippen molar-refractivity contribution in [2.45, 2.75) is 19.3 Å². The highest BCUT2D eigenvalue weighted by Gasteiger charge is 2.21. The summed E-state index contributed by atoms with van der Waals surface area (Å²) in [6.07, 6.45) is -0.201. The molecule has 0 aliphatic carbocycles. The van der Waals surface area contributed by atoms with Gasteiger partial charge in [0.25, 0.3) is 0 Å². The molecule has 16 heavy (non-hydrogen) atoms. The van der Waals surface area contributed by atoms with E-state index in [4.69, 9.17) is 0 Å². The van der Waals surface area contributed by atoms with Crippen molar-refractivity contribution in [3.8, 4) is 0 Å². The summed E-state index contributed by atoms with van der Waals surface area (Å²) in [5, 5.41) is 0. The molecule has 1 rings (SSSR count). The average Bonchev–Trinajstić information content (AvgIpc) is 2.24. The van der Waals surface area contributed by atoms with Crippen LogP contribution in [0.3, 0.4) is 0 Å². The Labute approximate surface area is 91.0 Å². The van der Waals surface area contributed by atoms with Gasteiger partial charge in [0.2, 0.25) is 0 Å². The monoisotopic (exact) mass is 232 g/mol. The van der Waals surface area contributed by atoms with E-state index >= 15 is 0 Å². The number of halogens is 3. The van der Waals surface area contributed by atoms with Gasteiger partial charge < -0.3 is 4.74 Å². The summed E-state index contributed by atoms with van der Waals surface area (Å²) in [7, 11) is 1.17. The SMILES string of the molecule is COC(=O)CC(C)c1c(F)ccc(F)c1F. The molecule has 0 fully saturated rings. The maximum atomic E-state index is 13.3. The van der Waals surface area contributed by atoms with E-state index in [9.17, 15) is 18.0 Å². The first-order valence-corrected chi connectivity index (χ1v) is 4.67. The van der Waals surface area contributed by atoms with Gasteiger partial charge in [-0.05, 0) is 18.1 Å². The Hall–Kier alpha value is -1.52. The fraction of sp³-hybridized carbons (Fsp3) is 0.364. The number of methoxy groups -OCH3 is 1. The Morgan fingerprint density at radius 2 is 1.88 bits per heavy atom. The zero-order valence-electron chi connectivity index (χ0n) is 8.89. The van der Waals surface area contributed by atoms with E-state index in [1.807, 2.05) is 0 Å². The van der Waals surface area contributed by atoms with Crippen LogP contribution < -0.4 is 0 Å². The van der Waals surface area contributed by atoms with E-state index in [-0.39, 0.29) is 6.42 Å². The summed E-state index contributed by atoms with van der Waals surface area (Å²) < 4.78 is 43.8. The highest BCUT2D eigenvalue weighted by molar-refractivity contribution is 5.70. The number of rotatable bonds is 3. The van der Waals surface area contributed by atoms with Crippen LogP contribution in [0.5, 0.6) is 0 Å². The zero-order valence-corrected chi connectivity index (χ0v) is 8.89. The lowest BCUT2D eigenvalue weighted by Gasteiger charge is -2.12. The van der Waals surface area contributed by atoms with Gasteiger partial charge in [0.1, 0.15) is 5.82 Å². The maximum absolute atomic E-state index is 13.3. The van der Waals surface area contributed by atoms with Crippen molar-refractivity contribution in [1.82, 2.24) is 0 Å². The van der Waals surface area contributed by atoms with Crippen LogP contribution in [0.2, 0.25) is 0 Å². The van der Waals surface area contributed by atoms with Gasteiger partial charge in [-0.1, -0.05) is 6.92 Å². The number of carbonyl (C=O) groups excluding carboxylic acids is 1. The van der Waals surface area contributed by atoms with Crippen LogP contribution in [0, 0.1) is 17.5 Å². The second kappa shape index (κ2) is 5.01. The Balaban J connectivity index is 3.03. The lowest BCUT2D eigenvalue weighted by atomic mass is 9.96. The number of carbonyl (C=O) groups is 1. The van der Waals surface area contributed by atoms with Crippen LogP contribution in [0.25, 0.3) is 0 Å². The van der Waals surface area contributed by atoms with Gasteiger partial charge in [-0.2, -0.15) is 0 Å². The van der Waals surface area contributed by atoms with E-state index in [2.05, 4.69) is 4.74 Å². The van der Waals surface area contributed by atoms with Gasteiger partial charge >= 0.3 is 5.97 Å². The molecule has 0 spiro atoms. The smallest absolute Gasteiger partial charge is 0.306 e. The topological polar surface area (TPSA) is 26.3 Å². The molecule has 0 aliphatic rings. The number of benzene rings is 1. The van der Waals surface area contributed by atoms with E-state index in [0.717, 1.165) is 6.07 Å². The lowest BCUT2D eigenvalue weighted by molar-refractivity contribution is -0.141. The van der Waals surface area contributed by atoms with Gasteiger partial charge in [0.15, 0.2) is 11.6 Å². The highest BCUT2D eigenvalue weighted by atomic mass is 19.2. The van der Waals surface area contributed by atoms with Crippen LogP contribution in [0.4, 0.5) is 13.2 Å². The van der Waals surface area contributed by atoms with Crippen LogP contribution >= 0.6 is 0 Å². The summed E-state index contributed by atoms with van der Waals surface area (Å²) in [6.45, 7) is 1.43. The van der Waals surface area contributed by atoms with Gasteiger partial charge in [-0.25, -0.2) is 13.2 Å². The van der Waals surface area contributed by atoms with Crippen LogP contribution in [0.15, 0.2) is 12.1 Å². The van der Waals surface area contributed by atoms with E-state index < -0.39 is 34.9 Å². The van der Waals surface area contributed by atoms with Crippen molar-refractivity contribution in [3.63, 3.8) is 0 Å². The molecule has 1 atom stereocenters. The zero-order chi connectivity index (χ0) is 12.3. The number of ether oxygens (including phenoxy) is 1. The summed E-state index contributed by atoms with van der Waals surface area (Å²) in [5.74, 6) is -4.63. The number of esters is 1. The molecule has 0 radical (unpaired) electrons. The molecule has 88 valence electrons. The molecular weight excluding hydrogens is 221 g/mol. The standard InChI is InChI=1S/C11H11F3O2/c1-6(5-9(15)16-2)10-7(12)3-4-8(13)11(10)14/h3-4,6H,5H2,1-2H3. The first-order valence-electron chi connectivity index (χ1n) is 4.67. The molecule has 0 saturated carbocycles. The molecule has 0 aliphatic heterocycles.